The molecule has 14 heteroatoms. The number of likely N-dealkylation sites (N-methyl/N-ethyl adjacent to an activating group) is 1. The fourth-order valence-electron chi connectivity index (χ4n) is 4.47. The van der Waals surface area contributed by atoms with E-state index in [1.54, 1.807) is 29.2 Å². The first-order chi connectivity index (χ1) is 18.8. The van der Waals surface area contributed by atoms with Gasteiger partial charge in [-0.2, -0.15) is 13.2 Å². The summed E-state index contributed by atoms with van der Waals surface area (Å²) in [6.45, 7) is 1.34. The molecule has 1 saturated heterocycles. The Kier molecular flexibility index (Phi) is 9.06. The number of carbonyl (C=O) groups excluding carboxylic acids is 1. The number of likely N-dealkylation sites (tertiary alicyclic amines) is 1. The Morgan fingerprint density at radius 3 is 2.42 bits per heavy atom. The van der Waals surface area contributed by atoms with E-state index < -0.39 is 42.7 Å². The van der Waals surface area contributed by atoms with Crippen molar-refractivity contribution in [1.29, 1.82) is 0 Å². The summed E-state index contributed by atoms with van der Waals surface area (Å²) in [5, 5.41) is 6.69. The number of halogens is 6. The number of anilines is 1. The van der Waals surface area contributed by atoms with Crippen LogP contribution in [-0.4, -0.2) is 83.4 Å². The fourth-order valence-corrected chi connectivity index (χ4v) is 4.72. The van der Waals surface area contributed by atoms with E-state index in [4.69, 9.17) is 11.6 Å². The lowest BCUT2D eigenvalue weighted by Crippen LogP contribution is -2.45. The number of alkyl halides is 5. The maximum atomic E-state index is 13.8. The summed E-state index contributed by atoms with van der Waals surface area (Å²) in [5.41, 5.74) is 0.979. The van der Waals surface area contributed by atoms with Gasteiger partial charge >= 0.3 is 6.18 Å². The molecule has 3 heterocycles. The summed E-state index contributed by atoms with van der Waals surface area (Å²) in [7, 11) is 3.91. The van der Waals surface area contributed by atoms with Gasteiger partial charge in [0.25, 0.3) is 11.8 Å². The molecule has 1 aromatic carbocycles. The lowest BCUT2D eigenvalue weighted by molar-refractivity contribution is -0.145. The van der Waals surface area contributed by atoms with Gasteiger partial charge in [0.1, 0.15) is 5.82 Å². The normalized spacial score (nSPS) is 16.7. The van der Waals surface area contributed by atoms with E-state index in [0.29, 0.717) is 23.3 Å². The molecule has 1 atom stereocenters. The van der Waals surface area contributed by atoms with Gasteiger partial charge in [0.2, 0.25) is 5.82 Å². The molecule has 1 aliphatic heterocycles. The highest BCUT2D eigenvalue weighted by Gasteiger charge is 2.38. The molecule has 0 radical (unpaired) electrons. The van der Waals surface area contributed by atoms with Gasteiger partial charge in [-0.25, -0.2) is 23.7 Å². The fraction of sp³-hybridized carbons (Fsp3) is 0.462. The first-order valence-corrected chi connectivity index (χ1v) is 13.0. The van der Waals surface area contributed by atoms with Crippen LogP contribution in [0.15, 0.2) is 36.7 Å². The molecule has 216 valence electrons. The van der Waals surface area contributed by atoms with E-state index >= 15 is 0 Å². The van der Waals surface area contributed by atoms with E-state index in [-0.39, 0.29) is 35.8 Å². The highest BCUT2D eigenvalue weighted by molar-refractivity contribution is 6.35. The number of amides is 1. The largest absolute Gasteiger partial charge is 0.451 e. The Hall–Kier alpha value is -3.16. The maximum absolute atomic E-state index is 13.8. The van der Waals surface area contributed by atoms with Gasteiger partial charge in [-0.1, -0.05) is 11.6 Å². The summed E-state index contributed by atoms with van der Waals surface area (Å²) in [4.78, 5) is 28.4. The van der Waals surface area contributed by atoms with Crippen LogP contribution in [0.5, 0.6) is 0 Å². The Balaban J connectivity index is 1.55. The number of carbonyl (C=O) groups is 1. The molecular formula is C26H29ClF5N7O. The predicted molar refractivity (Wildman–Crippen MR) is 142 cm³/mol. The number of piperidine rings is 1. The number of aromatic nitrogens is 3. The number of pyridine rings is 1. The van der Waals surface area contributed by atoms with Crippen LogP contribution in [0.4, 0.5) is 27.8 Å². The van der Waals surface area contributed by atoms with Crippen molar-refractivity contribution in [3.05, 3.63) is 58.6 Å². The molecule has 2 N–H and O–H groups in total. The van der Waals surface area contributed by atoms with Crippen molar-refractivity contribution in [2.24, 2.45) is 0 Å². The first kappa shape index (κ1) is 29.8. The number of rotatable bonds is 9. The van der Waals surface area contributed by atoms with Crippen LogP contribution in [0.2, 0.25) is 5.02 Å². The third-order valence-electron chi connectivity index (χ3n) is 6.65. The topological polar surface area (TPSA) is 86.3 Å². The highest BCUT2D eigenvalue weighted by atomic mass is 35.5. The second kappa shape index (κ2) is 12.1. The molecule has 0 bridgehead atoms. The Bertz CT molecular complexity index is 1330. The molecule has 40 heavy (non-hydrogen) atoms. The lowest BCUT2D eigenvalue weighted by atomic mass is 10.0. The van der Waals surface area contributed by atoms with Crippen LogP contribution in [0.3, 0.4) is 0 Å². The SMILES string of the molecule is CN(C)CCNc1ccc2c(C(=O)NCC(c3cnc(C(F)(F)F)nc3)N3CCC(F)(F)CC3)c(Cl)ccc2n1. The van der Waals surface area contributed by atoms with E-state index in [0.717, 1.165) is 18.9 Å². The zero-order valence-corrected chi connectivity index (χ0v) is 22.7. The number of hydrogen-bond donors (Lipinski definition) is 2. The molecule has 1 aliphatic rings. The third-order valence-corrected chi connectivity index (χ3v) is 6.96. The van der Waals surface area contributed by atoms with Crippen molar-refractivity contribution >= 4 is 34.2 Å². The van der Waals surface area contributed by atoms with Gasteiger partial charge in [-0.15, -0.1) is 0 Å². The average molecular weight is 586 g/mol. The minimum absolute atomic E-state index is 0.0168. The molecule has 0 aliphatic carbocycles. The molecule has 0 saturated carbocycles. The zero-order valence-electron chi connectivity index (χ0n) is 21.9. The smallest absolute Gasteiger partial charge is 0.369 e. The Morgan fingerprint density at radius 1 is 1.12 bits per heavy atom. The van der Waals surface area contributed by atoms with Crippen LogP contribution in [0, 0.1) is 0 Å². The average Bonchev–Trinajstić information content (AvgIpc) is 2.89. The molecule has 1 amide bonds. The van der Waals surface area contributed by atoms with Crippen LogP contribution in [0.1, 0.15) is 40.6 Å². The molecule has 4 rings (SSSR count). The van der Waals surface area contributed by atoms with Crippen LogP contribution < -0.4 is 10.6 Å². The van der Waals surface area contributed by atoms with Gasteiger partial charge in [0, 0.05) is 68.9 Å². The Morgan fingerprint density at radius 2 is 1.80 bits per heavy atom. The van der Waals surface area contributed by atoms with E-state index in [1.165, 1.54) is 0 Å². The summed E-state index contributed by atoms with van der Waals surface area (Å²) in [6.07, 6.45) is -3.52. The second-order valence-corrected chi connectivity index (χ2v) is 10.3. The summed E-state index contributed by atoms with van der Waals surface area (Å²) in [5.74, 6) is -4.04. The van der Waals surface area contributed by atoms with Crippen molar-refractivity contribution in [2.75, 3.05) is 52.1 Å². The first-order valence-electron chi connectivity index (χ1n) is 12.6. The van der Waals surface area contributed by atoms with Gasteiger partial charge in [0.05, 0.1) is 22.1 Å². The maximum Gasteiger partial charge on any atom is 0.451 e. The summed E-state index contributed by atoms with van der Waals surface area (Å²) >= 11 is 6.40. The molecular weight excluding hydrogens is 557 g/mol. The number of nitrogens with zero attached hydrogens (tertiary/aromatic N) is 5. The van der Waals surface area contributed by atoms with Crippen molar-refractivity contribution < 1.29 is 26.7 Å². The third kappa shape index (κ3) is 7.32. The summed E-state index contributed by atoms with van der Waals surface area (Å²) in [6, 6.07) is 5.99. The van der Waals surface area contributed by atoms with Crippen LogP contribution >= 0.6 is 11.6 Å². The van der Waals surface area contributed by atoms with Crippen molar-refractivity contribution in [2.45, 2.75) is 31.0 Å². The van der Waals surface area contributed by atoms with E-state index in [9.17, 15) is 26.7 Å². The Labute approximate surface area is 232 Å². The van der Waals surface area contributed by atoms with Gasteiger partial charge in [0.15, 0.2) is 0 Å². The zero-order chi connectivity index (χ0) is 29.1. The lowest BCUT2D eigenvalue weighted by Gasteiger charge is -2.37. The van der Waals surface area contributed by atoms with Crippen molar-refractivity contribution in [3.8, 4) is 0 Å². The quantitative estimate of drug-likeness (QED) is 0.347. The number of benzene rings is 1. The van der Waals surface area contributed by atoms with Crippen LogP contribution in [0.25, 0.3) is 10.9 Å². The molecule has 8 nitrogen and oxygen atoms in total. The molecule has 1 fully saturated rings. The highest BCUT2D eigenvalue weighted by Crippen LogP contribution is 2.33. The standard InChI is InChI=1S/C26H29ClF5N7O/c1-38(2)12-9-33-21-6-3-17-19(37-21)5-4-18(27)22(17)23(40)34-15-20(39-10-7-25(28,29)8-11-39)16-13-35-24(36-14-16)26(30,31)32/h3-6,13-14,20H,7-12,15H2,1-2H3,(H,33,37)(H,34,40). The molecule has 3 aromatic rings. The van der Waals surface area contributed by atoms with Crippen molar-refractivity contribution in [1.82, 2.24) is 30.1 Å². The van der Waals surface area contributed by atoms with Crippen LogP contribution in [-0.2, 0) is 6.18 Å². The van der Waals surface area contributed by atoms with Gasteiger partial charge in [-0.3, -0.25) is 9.69 Å². The van der Waals surface area contributed by atoms with E-state index in [2.05, 4.69) is 25.6 Å². The molecule has 1 unspecified atom stereocenters. The van der Waals surface area contributed by atoms with Gasteiger partial charge < -0.3 is 15.5 Å². The summed E-state index contributed by atoms with van der Waals surface area (Å²) < 4.78 is 66.6. The molecule has 0 spiro atoms. The van der Waals surface area contributed by atoms with Crippen molar-refractivity contribution in [3.63, 3.8) is 0 Å². The molecule has 2 aromatic heterocycles. The minimum atomic E-state index is -4.73. The minimum Gasteiger partial charge on any atom is -0.369 e. The van der Waals surface area contributed by atoms with Gasteiger partial charge in [-0.05, 0) is 38.4 Å². The number of hydrogen-bond acceptors (Lipinski definition) is 7. The van der Waals surface area contributed by atoms with E-state index in [1.807, 2.05) is 19.0 Å². The monoisotopic (exact) mass is 585 g/mol. The number of nitrogens with one attached hydrogen (secondary N) is 2. The number of fused-ring (bicyclic) bond motifs is 1. The predicted octanol–water partition coefficient (Wildman–Crippen LogP) is 4.87. The second-order valence-electron chi connectivity index (χ2n) is 9.87.